The molecule has 1 amide bonds. The summed E-state index contributed by atoms with van der Waals surface area (Å²) in [6, 6.07) is 7.13. The lowest BCUT2D eigenvalue weighted by Gasteiger charge is -2.38. The SMILES string of the molecule is Cc1ccc2nc3c(c(C(=O)N4CCN(C5CCCC5)CC4)c2c1)CCCC3. The third-order valence-electron chi connectivity index (χ3n) is 7.07. The summed E-state index contributed by atoms with van der Waals surface area (Å²) in [5.74, 6) is 0.238. The minimum absolute atomic E-state index is 0.238. The summed E-state index contributed by atoms with van der Waals surface area (Å²) in [6.45, 7) is 5.88. The number of carbonyl (C=O) groups is 1. The van der Waals surface area contributed by atoms with Crippen LogP contribution in [0, 0.1) is 6.92 Å². The van der Waals surface area contributed by atoms with E-state index in [1.807, 2.05) is 0 Å². The van der Waals surface area contributed by atoms with E-state index in [4.69, 9.17) is 4.98 Å². The number of hydrogen-bond donors (Lipinski definition) is 0. The largest absolute Gasteiger partial charge is 0.336 e. The second-order valence-electron chi connectivity index (χ2n) is 8.91. The van der Waals surface area contributed by atoms with Gasteiger partial charge in [-0.05, 0) is 63.1 Å². The molecular formula is C24H31N3O. The van der Waals surface area contributed by atoms with Crippen molar-refractivity contribution in [3.63, 3.8) is 0 Å². The van der Waals surface area contributed by atoms with Crippen LogP contribution in [0.3, 0.4) is 0 Å². The van der Waals surface area contributed by atoms with Crippen molar-refractivity contribution in [3.05, 3.63) is 40.6 Å². The second-order valence-corrected chi connectivity index (χ2v) is 8.91. The van der Waals surface area contributed by atoms with Gasteiger partial charge < -0.3 is 4.90 Å². The number of nitrogens with zero attached hydrogens (tertiary/aromatic N) is 3. The molecular weight excluding hydrogens is 346 g/mol. The monoisotopic (exact) mass is 377 g/mol. The first-order valence-corrected chi connectivity index (χ1v) is 11.2. The van der Waals surface area contributed by atoms with E-state index in [-0.39, 0.29) is 5.91 Å². The smallest absolute Gasteiger partial charge is 0.254 e. The van der Waals surface area contributed by atoms with Crippen molar-refractivity contribution in [2.24, 2.45) is 0 Å². The fourth-order valence-corrected chi connectivity index (χ4v) is 5.50. The zero-order valence-corrected chi connectivity index (χ0v) is 17.0. The molecule has 28 heavy (non-hydrogen) atoms. The fourth-order valence-electron chi connectivity index (χ4n) is 5.50. The molecule has 1 aliphatic heterocycles. The summed E-state index contributed by atoms with van der Waals surface area (Å²) < 4.78 is 0. The van der Waals surface area contributed by atoms with E-state index in [1.54, 1.807) is 0 Å². The third-order valence-corrected chi connectivity index (χ3v) is 7.07. The lowest BCUT2D eigenvalue weighted by atomic mass is 9.88. The number of amides is 1. The molecule has 4 heteroatoms. The number of benzene rings is 1. The summed E-state index contributed by atoms with van der Waals surface area (Å²) in [7, 11) is 0. The normalized spacial score (nSPS) is 21.2. The van der Waals surface area contributed by atoms with E-state index in [9.17, 15) is 4.79 Å². The molecule has 0 atom stereocenters. The van der Waals surface area contributed by atoms with E-state index in [0.29, 0.717) is 0 Å². The van der Waals surface area contributed by atoms with Gasteiger partial charge in [-0.3, -0.25) is 14.7 Å². The average Bonchev–Trinajstić information content (AvgIpc) is 3.27. The highest BCUT2D eigenvalue weighted by atomic mass is 16.2. The first-order valence-electron chi connectivity index (χ1n) is 11.2. The Morgan fingerprint density at radius 2 is 1.75 bits per heavy atom. The Morgan fingerprint density at radius 1 is 1.00 bits per heavy atom. The zero-order valence-electron chi connectivity index (χ0n) is 17.0. The van der Waals surface area contributed by atoms with Crippen LogP contribution in [0.4, 0.5) is 0 Å². The maximum atomic E-state index is 13.7. The van der Waals surface area contributed by atoms with E-state index < -0.39 is 0 Å². The number of pyridine rings is 1. The highest BCUT2D eigenvalue weighted by Gasteiger charge is 2.31. The first-order chi connectivity index (χ1) is 13.7. The molecule has 2 aromatic rings. The highest BCUT2D eigenvalue weighted by Crippen LogP contribution is 2.31. The molecule has 0 bridgehead atoms. The number of carbonyl (C=O) groups excluding carboxylic acids is 1. The first kappa shape index (κ1) is 18.1. The van der Waals surface area contributed by atoms with Crippen molar-refractivity contribution in [2.45, 2.75) is 64.3 Å². The van der Waals surface area contributed by atoms with Gasteiger partial charge in [0.2, 0.25) is 0 Å². The summed E-state index contributed by atoms with van der Waals surface area (Å²) in [4.78, 5) is 23.4. The molecule has 2 heterocycles. The van der Waals surface area contributed by atoms with E-state index >= 15 is 0 Å². The molecule has 0 radical (unpaired) electrons. The molecule has 4 nitrogen and oxygen atoms in total. The molecule has 2 aliphatic carbocycles. The van der Waals surface area contributed by atoms with Crippen LogP contribution in [0.1, 0.15) is 65.7 Å². The number of aromatic nitrogens is 1. The number of fused-ring (bicyclic) bond motifs is 2. The second kappa shape index (κ2) is 7.47. The van der Waals surface area contributed by atoms with Gasteiger partial charge in [0.25, 0.3) is 5.91 Å². The third kappa shape index (κ3) is 3.22. The molecule has 1 saturated heterocycles. The molecule has 1 aromatic carbocycles. The van der Waals surface area contributed by atoms with Crippen LogP contribution in [0.15, 0.2) is 18.2 Å². The van der Waals surface area contributed by atoms with Gasteiger partial charge in [-0.1, -0.05) is 24.5 Å². The molecule has 0 unspecified atom stereocenters. The van der Waals surface area contributed by atoms with Crippen molar-refractivity contribution in [3.8, 4) is 0 Å². The molecule has 1 saturated carbocycles. The summed E-state index contributed by atoms with van der Waals surface area (Å²) >= 11 is 0. The Labute approximate surface area is 167 Å². The van der Waals surface area contributed by atoms with Gasteiger partial charge in [-0.25, -0.2) is 0 Å². The summed E-state index contributed by atoms with van der Waals surface area (Å²) in [6.07, 6.45) is 9.79. The van der Waals surface area contributed by atoms with Gasteiger partial charge >= 0.3 is 0 Å². The number of aryl methyl sites for hydroxylation is 2. The molecule has 148 valence electrons. The maximum absolute atomic E-state index is 13.7. The van der Waals surface area contributed by atoms with Crippen LogP contribution in [-0.4, -0.2) is 52.9 Å². The molecule has 0 N–H and O–H groups in total. The lowest BCUT2D eigenvalue weighted by molar-refractivity contribution is 0.0574. The Hall–Kier alpha value is -1.94. The van der Waals surface area contributed by atoms with Crippen LogP contribution < -0.4 is 0 Å². The van der Waals surface area contributed by atoms with Crippen LogP contribution in [0.2, 0.25) is 0 Å². The van der Waals surface area contributed by atoms with Crippen LogP contribution in [0.5, 0.6) is 0 Å². The standard InChI is InChI=1S/C24H31N3O/c1-17-10-11-22-20(16-17)23(19-8-4-5-9-21(19)25-22)24(28)27-14-12-26(13-15-27)18-6-2-3-7-18/h10-11,16,18H,2-9,12-15H2,1H3. The molecule has 5 rings (SSSR count). The zero-order chi connectivity index (χ0) is 19.1. The van der Waals surface area contributed by atoms with Crippen molar-refractivity contribution in [1.82, 2.24) is 14.8 Å². The highest BCUT2D eigenvalue weighted by molar-refractivity contribution is 6.08. The summed E-state index contributed by atoms with van der Waals surface area (Å²) in [5, 5.41) is 1.06. The van der Waals surface area contributed by atoms with Gasteiger partial charge in [0.05, 0.1) is 11.1 Å². The molecule has 0 spiro atoms. The minimum Gasteiger partial charge on any atom is -0.336 e. The van der Waals surface area contributed by atoms with Crippen molar-refractivity contribution in [2.75, 3.05) is 26.2 Å². The van der Waals surface area contributed by atoms with Gasteiger partial charge in [0.1, 0.15) is 0 Å². The Bertz CT molecular complexity index is 892. The van der Waals surface area contributed by atoms with Crippen LogP contribution >= 0.6 is 0 Å². The molecule has 3 aliphatic rings. The van der Waals surface area contributed by atoms with E-state index in [2.05, 4.69) is 34.9 Å². The maximum Gasteiger partial charge on any atom is 0.254 e. The van der Waals surface area contributed by atoms with Crippen molar-refractivity contribution < 1.29 is 4.79 Å². The predicted molar refractivity (Wildman–Crippen MR) is 113 cm³/mol. The van der Waals surface area contributed by atoms with Crippen molar-refractivity contribution >= 4 is 16.8 Å². The average molecular weight is 378 g/mol. The topological polar surface area (TPSA) is 36.4 Å². The Morgan fingerprint density at radius 3 is 2.54 bits per heavy atom. The van der Waals surface area contributed by atoms with E-state index in [1.165, 1.54) is 49.7 Å². The van der Waals surface area contributed by atoms with Crippen molar-refractivity contribution in [1.29, 1.82) is 0 Å². The Kier molecular flexibility index (Phi) is 4.83. The van der Waals surface area contributed by atoms with Gasteiger partial charge in [-0.2, -0.15) is 0 Å². The number of piperazine rings is 1. The molecule has 2 fully saturated rings. The summed E-state index contributed by atoms with van der Waals surface area (Å²) in [5.41, 5.74) is 5.53. The lowest BCUT2D eigenvalue weighted by Crippen LogP contribution is -2.51. The van der Waals surface area contributed by atoms with Gasteiger partial charge in [-0.15, -0.1) is 0 Å². The van der Waals surface area contributed by atoms with Gasteiger partial charge in [0, 0.05) is 43.3 Å². The Balaban J connectivity index is 1.46. The predicted octanol–water partition coefficient (Wildman–Crippen LogP) is 4.12. The minimum atomic E-state index is 0.238. The van der Waals surface area contributed by atoms with Crippen LogP contribution in [-0.2, 0) is 12.8 Å². The fraction of sp³-hybridized carbons (Fsp3) is 0.583. The van der Waals surface area contributed by atoms with E-state index in [0.717, 1.165) is 67.2 Å². The number of rotatable bonds is 2. The number of hydrogen-bond acceptors (Lipinski definition) is 3. The molecule has 1 aromatic heterocycles. The van der Waals surface area contributed by atoms with Crippen LogP contribution in [0.25, 0.3) is 10.9 Å². The quantitative estimate of drug-likeness (QED) is 0.790. The van der Waals surface area contributed by atoms with Gasteiger partial charge in [0.15, 0.2) is 0 Å².